The van der Waals surface area contributed by atoms with Crippen molar-refractivity contribution >= 4 is 0 Å². The van der Waals surface area contributed by atoms with E-state index in [4.69, 9.17) is 0 Å². The Kier molecular flexibility index (Phi) is 6.79. The molecule has 174 valence electrons. The maximum atomic E-state index is 14.1. The Morgan fingerprint density at radius 2 is 1.58 bits per heavy atom. The molecule has 0 saturated heterocycles. The van der Waals surface area contributed by atoms with Crippen molar-refractivity contribution < 1.29 is 43.0 Å². The third-order valence-corrected chi connectivity index (χ3v) is 4.91. The number of alkyl halides is 3. The number of nitrogens with zero attached hydrogens (tertiary/aromatic N) is 5. The van der Waals surface area contributed by atoms with Crippen LogP contribution in [0.1, 0.15) is 30.8 Å². The summed E-state index contributed by atoms with van der Waals surface area (Å²) < 4.78 is 66.9. The zero-order valence-electron chi connectivity index (χ0n) is 17.1. The molecule has 0 spiro atoms. The van der Waals surface area contributed by atoms with Gasteiger partial charge in [0.05, 0.1) is 17.5 Å². The molecule has 33 heavy (non-hydrogen) atoms. The third-order valence-electron chi connectivity index (χ3n) is 4.91. The fourth-order valence-corrected chi connectivity index (χ4v) is 3.10. The molecule has 0 aliphatic rings. The van der Waals surface area contributed by atoms with E-state index in [1.54, 1.807) is 30.3 Å². The van der Waals surface area contributed by atoms with Crippen LogP contribution in [0.25, 0.3) is 17.1 Å². The van der Waals surface area contributed by atoms with E-state index in [0.29, 0.717) is 11.4 Å². The molecule has 0 bridgehead atoms. The molecular weight excluding hydrogens is 624 g/mol. The van der Waals surface area contributed by atoms with Crippen LogP contribution in [0.5, 0.6) is 0 Å². The maximum Gasteiger partial charge on any atom is 0.419 e. The van der Waals surface area contributed by atoms with Crippen LogP contribution in [0.15, 0.2) is 54.9 Å². The Balaban J connectivity index is 0.00000306. The van der Waals surface area contributed by atoms with Gasteiger partial charge in [-0.05, 0) is 37.7 Å². The Morgan fingerprint density at radius 3 is 2.21 bits per heavy atom. The van der Waals surface area contributed by atoms with Gasteiger partial charge in [-0.25, -0.2) is 18.4 Å². The molecule has 0 aliphatic heterocycles. The Bertz CT molecular complexity index is 1290. The second-order valence-corrected chi connectivity index (χ2v) is 7.47. The molecule has 0 fully saturated rings. The number of hydrogen-bond donors (Lipinski definition) is 0. The first-order valence-corrected chi connectivity index (χ1v) is 9.37. The minimum absolute atomic E-state index is 0. The second kappa shape index (κ2) is 9.09. The predicted molar refractivity (Wildman–Crippen MR) is 105 cm³/mol. The van der Waals surface area contributed by atoms with Gasteiger partial charge in [0, 0.05) is 38.4 Å². The summed E-state index contributed by atoms with van der Waals surface area (Å²) in [6.07, 6.45) is -2.93. The van der Waals surface area contributed by atoms with Crippen molar-refractivity contribution in [3.05, 3.63) is 89.8 Å². The molecule has 0 radical (unpaired) electrons. The van der Waals surface area contributed by atoms with Crippen molar-refractivity contribution in [2.75, 3.05) is 0 Å². The molecule has 5 nitrogen and oxygen atoms in total. The van der Waals surface area contributed by atoms with Gasteiger partial charge in [0.2, 0.25) is 0 Å². The standard InChI is InChI=1S/C22H15F5N5.Pt/c1-21(2,16-6-3-5-15(29-16)14-9-10-18(23)31-20(14)24)17-7-4-8-19(30-17)32-12-13(11-28-32)22(25,26)27;/h3-8,10-12H,1-2H3;/q-1;. The van der Waals surface area contributed by atoms with Crippen molar-refractivity contribution in [1.29, 1.82) is 0 Å². The Hall–Kier alpha value is -3.00. The summed E-state index contributed by atoms with van der Waals surface area (Å²) in [7, 11) is 0. The van der Waals surface area contributed by atoms with Gasteiger partial charge in [0.25, 0.3) is 0 Å². The first kappa shape index (κ1) is 24.6. The molecular formula is C22H15F5N5Pt-. The van der Waals surface area contributed by atoms with E-state index in [-0.39, 0.29) is 38.1 Å². The van der Waals surface area contributed by atoms with Crippen LogP contribution in [-0.2, 0) is 32.7 Å². The zero-order chi connectivity index (χ0) is 23.1. The molecule has 0 unspecified atom stereocenters. The van der Waals surface area contributed by atoms with Gasteiger partial charge < -0.3 is 4.98 Å². The molecule has 0 saturated carbocycles. The molecule has 4 heterocycles. The molecule has 0 amide bonds. The molecule has 11 heteroatoms. The smallest absolute Gasteiger partial charge is 0.300 e. The van der Waals surface area contributed by atoms with E-state index in [2.05, 4.69) is 26.1 Å². The number of hydrogen-bond acceptors (Lipinski definition) is 4. The van der Waals surface area contributed by atoms with E-state index in [1.807, 2.05) is 13.8 Å². The summed E-state index contributed by atoms with van der Waals surface area (Å²) in [5.41, 5.74) is -0.556. The Labute approximate surface area is 200 Å². The van der Waals surface area contributed by atoms with Gasteiger partial charge >= 0.3 is 6.18 Å². The largest absolute Gasteiger partial charge is 0.419 e. The molecule has 4 aromatic rings. The summed E-state index contributed by atoms with van der Waals surface area (Å²) in [5, 5.41) is 3.75. The topological polar surface area (TPSA) is 56.5 Å². The van der Waals surface area contributed by atoms with E-state index in [0.717, 1.165) is 23.1 Å². The van der Waals surface area contributed by atoms with Crippen molar-refractivity contribution in [2.24, 2.45) is 0 Å². The van der Waals surface area contributed by atoms with Crippen molar-refractivity contribution in [1.82, 2.24) is 24.7 Å². The maximum absolute atomic E-state index is 14.1. The van der Waals surface area contributed by atoms with Gasteiger partial charge in [-0.15, -0.1) is 6.07 Å². The van der Waals surface area contributed by atoms with E-state index < -0.39 is 29.1 Å². The first-order valence-electron chi connectivity index (χ1n) is 9.37. The summed E-state index contributed by atoms with van der Waals surface area (Å²) in [6.45, 7) is 3.64. The third kappa shape index (κ3) is 5.00. The van der Waals surface area contributed by atoms with E-state index >= 15 is 0 Å². The summed E-state index contributed by atoms with van der Waals surface area (Å²) in [4.78, 5) is 12.1. The molecule has 0 aliphatic carbocycles. The number of halogens is 5. The van der Waals surface area contributed by atoms with E-state index in [1.165, 1.54) is 6.07 Å². The van der Waals surface area contributed by atoms with Crippen LogP contribution in [0.4, 0.5) is 22.0 Å². The van der Waals surface area contributed by atoms with Gasteiger partial charge in [0.1, 0.15) is 11.9 Å². The van der Waals surface area contributed by atoms with Crippen LogP contribution in [0.3, 0.4) is 0 Å². The van der Waals surface area contributed by atoms with Gasteiger partial charge in [-0.2, -0.15) is 18.3 Å². The van der Waals surface area contributed by atoms with Crippen molar-refractivity contribution in [3.8, 4) is 17.1 Å². The fraction of sp³-hybridized carbons (Fsp3) is 0.182. The van der Waals surface area contributed by atoms with Gasteiger partial charge in [-0.1, -0.05) is 29.8 Å². The minimum Gasteiger partial charge on any atom is -0.300 e. The van der Waals surface area contributed by atoms with Crippen LogP contribution in [0.2, 0.25) is 0 Å². The SMILES string of the molecule is CC(C)(c1cccc(-c2[c-]cc(F)nc2F)n1)c1cccc(-n2cc(C(F)(F)F)cn2)n1.[Pt]. The molecule has 0 atom stereocenters. The Morgan fingerprint density at radius 1 is 0.909 bits per heavy atom. The first-order chi connectivity index (χ1) is 15.1. The summed E-state index contributed by atoms with van der Waals surface area (Å²) >= 11 is 0. The number of pyridine rings is 3. The monoisotopic (exact) mass is 639 g/mol. The molecule has 0 N–H and O–H groups in total. The average molecular weight is 639 g/mol. The number of aromatic nitrogens is 5. The molecule has 4 aromatic heterocycles. The second-order valence-electron chi connectivity index (χ2n) is 7.47. The minimum atomic E-state index is -4.51. The zero-order valence-corrected chi connectivity index (χ0v) is 19.4. The predicted octanol–water partition coefficient (Wildman–Crippen LogP) is 5.14. The van der Waals surface area contributed by atoms with Crippen molar-refractivity contribution in [3.63, 3.8) is 0 Å². The van der Waals surface area contributed by atoms with Crippen LogP contribution in [0, 0.1) is 18.0 Å². The summed E-state index contributed by atoms with van der Waals surface area (Å²) in [6, 6.07) is 13.2. The van der Waals surface area contributed by atoms with Crippen LogP contribution in [-0.4, -0.2) is 24.7 Å². The quantitative estimate of drug-likeness (QED) is 0.176. The van der Waals surface area contributed by atoms with Gasteiger partial charge in [-0.3, -0.25) is 4.98 Å². The van der Waals surface area contributed by atoms with Crippen LogP contribution < -0.4 is 0 Å². The fourth-order valence-electron chi connectivity index (χ4n) is 3.10. The molecule has 0 aromatic carbocycles. The van der Waals surface area contributed by atoms with Crippen molar-refractivity contribution in [2.45, 2.75) is 25.4 Å². The number of rotatable bonds is 4. The summed E-state index contributed by atoms with van der Waals surface area (Å²) in [5.74, 6) is -1.83. The molecule has 4 rings (SSSR count). The van der Waals surface area contributed by atoms with E-state index in [9.17, 15) is 22.0 Å². The van der Waals surface area contributed by atoms with Gasteiger partial charge in [0.15, 0.2) is 5.82 Å². The van der Waals surface area contributed by atoms with Crippen LogP contribution >= 0.6 is 0 Å². The normalized spacial score (nSPS) is 11.8. The average Bonchev–Trinajstić information content (AvgIpc) is 3.25.